The number of anilines is 1. The van der Waals surface area contributed by atoms with Gasteiger partial charge in [-0.1, -0.05) is 0 Å². The molecule has 3 rings (SSSR count). The lowest BCUT2D eigenvalue weighted by atomic mass is 10.3. The molecule has 90 valence electrons. The minimum absolute atomic E-state index is 0.785. The van der Waals surface area contributed by atoms with Crippen molar-refractivity contribution in [1.29, 1.82) is 0 Å². The van der Waals surface area contributed by atoms with Crippen LogP contribution in [-0.4, -0.2) is 36.3 Å². The number of fused-ring (bicyclic) bond motifs is 1. The SMILES string of the molecule is Cc1nc(N2CCOCC2)c2sc(I)cc2n1. The Morgan fingerprint density at radius 1 is 1.35 bits per heavy atom. The number of morpholine rings is 1. The van der Waals surface area contributed by atoms with E-state index in [-0.39, 0.29) is 0 Å². The lowest BCUT2D eigenvalue weighted by Gasteiger charge is -2.28. The maximum atomic E-state index is 5.39. The van der Waals surface area contributed by atoms with Crippen LogP contribution in [0.2, 0.25) is 0 Å². The highest BCUT2D eigenvalue weighted by atomic mass is 127. The summed E-state index contributed by atoms with van der Waals surface area (Å²) in [5, 5.41) is 0. The summed E-state index contributed by atoms with van der Waals surface area (Å²) in [7, 11) is 0. The predicted molar refractivity (Wildman–Crippen MR) is 77.9 cm³/mol. The predicted octanol–water partition coefficient (Wildman–Crippen LogP) is 2.44. The standard InChI is InChI=1S/C11H12IN3OS/c1-7-13-8-6-9(12)17-10(8)11(14-7)15-2-4-16-5-3-15/h6H,2-5H2,1H3. The van der Waals surface area contributed by atoms with Crippen LogP contribution in [0.25, 0.3) is 10.2 Å². The second-order valence-electron chi connectivity index (χ2n) is 3.96. The molecule has 1 saturated heterocycles. The summed E-state index contributed by atoms with van der Waals surface area (Å²) in [4.78, 5) is 11.4. The van der Waals surface area contributed by atoms with Crippen molar-refractivity contribution in [3.8, 4) is 0 Å². The van der Waals surface area contributed by atoms with E-state index < -0.39 is 0 Å². The highest BCUT2D eigenvalue weighted by Crippen LogP contribution is 2.32. The summed E-state index contributed by atoms with van der Waals surface area (Å²) in [5.41, 5.74) is 1.06. The summed E-state index contributed by atoms with van der Waals surface area (Å²) in [5.74, 6) is 1.91. The summed E-state index contributed by atoms with van der Waals surface area (Å²) in [6, 6.07) is 2.12. The molecule has 4 nitrogen and oxygen atoms in total. The Balaban J connectivity index is 2.12. The quantitative estimate of drug-likeness (QED) is 0.732. The molecule has 0 aliphatic carbocycles. The third-order valence-electron chi connectivity index (χ3n) is 2.75. The Kier molecular flexibility index (Phi) is 3.18. The fourth-order valence-corrected chi connectivity index (χ4v) is 3.78. The fraction of sp³-hybridized carbons (Fsp3) is 0.455. The highest BCUT2D eigenvalue weighted by Gasteiger charge is 2.18. The molecule has 0 amide bonds. The van der Waals surface area contributed by atoms with Crippen LogP contribution in [0, 0.1) is 9.81 Å². The molecule has 0 bridgehead atoms. The Morgan fingerprint density at radius 2 is 2.12 bits per heavy atom. The van der Waals surface area contributed by atoms with Crippen molar-refractivity contribution in [2.45, 2.75) is 6.92 Å². The average molecular weight is 361 g/mol. The van der Waals surface area contributed by atoms with E-state index in [0.717, 1.165) is 43.5 Å². The molecular weight excluding hydrogens is 349 g/mol. The molecule has 2 aromatic rings. The van der Waals surface area contributed by atoms with Gasteiger partial charge in [-0.05, 0) is 35.6 Å². The third-order valence-corrected chi connectivity index (χ3v) is 4.63. The van der Waals surface area contributed by atoms with E-state index in [1.165, 1.54) is 7.58 Å². The largest absolute Gasteiger partial charge is 0.378 e. The molecule has 0 unspecified atom stereocenters. The van der Waals surface area contributed by atoms with E-state index in [1.807, 2.05) is 6.92 Å². The molecule has 0 atom stereocenters. The van der Waals surface area contributed by atoms with Crippen molar-refractivity contribution in [3.63, 3.8) is 0 Å². The first-order chi connectivity index (χ1) is 8.24. The minimum atomic E-state index is 0.785. The number of halogens is 1. The molecule has 0 radical (unpaired) electrons. The molecule has 1 aliphatic heterocycles. The molecule has 1 aliphatic rings. The Morgan fingerprint density at radius 3 is 2.88 bits per heavy atom. The topological polar surface area (TPSA) is 38.2 Å². The van der Waals surface area contributed by atoms with E-state index in [1.54, 1.807) is 11.3 Å². The van der Waals surface area contributed by atoms with Gasteiger partial charge in [0.1, 0.15) is 5.82 Å². The van der Waals surface area contributed by atoms with Gasteiger partial charge in [0.25, 0.3) is 0 Å². The lowest BCUT2D eigenvalue weighted by molar-refractivity contribution is 0.122. The molecule has 0 aromatic carbocycles. The van der Waals surface area contributed by atoms with Gasteiger partial charge in [0, 0.05) is 13.1 Å². The molecule has 1 fully saturated rings. The van der Waals surface area contributed by atoms with Gasteiger partial charge in [-0.2, -0.15) is 0 Å². The number of rotatable bonds is 1. The fourth-order valence-electron chi connectivity index (χ4n) is 1.99. The number of thiophene rings is 1. The summed E-state index contributed by atoms with van der Waals surface area (Å²) < 4.78 is 7.84. The van der Waals surface area contributed by atoms with E-state index in [2.05, 4.69) is 43.5 Å². The zero-order chi connectivity index (χ0) is 11.8. The van der Waals surface area contributed by atoms with Crippen LogP contribution in [0.4, 0.5) is 5.82 Å². The number of hydrogen-bond donors (Lipinski definition) is 0. The summed E-state index contributed by atoms with van der Waals surface area (Å²) in [6.07, 6.45) is 0. The van der Waals surface area contributed by atoms with Crippen molar-refractivity contribution in [2.24, 2.45) is 0 Å². The first-order valence-corrected chi connectivity index (χ1v) is 7.40. The molecule has 6 heteroatoms. The van der Waals surface area contributed by atoms with Gasteiger partial charge in [0.2, 0.25) is 0 Å². The van der Waals surface area contributed by atoms with Crippen LogP contribution in [0.1, 0.15) is 5.82 Å². The molecule has 0 saturated carbocycles. The van der Waals surface area contributed by atoms with Crippen LogP contribution >= 0.6 is 33.9 Å². The van der Waals surface area contributed by atoms with Crippen molar-refractivity contribution in [2.75, 3.05) is 31.2 Å². The zero-order valence-electron chi connectivity index (χ0n) is 9.44. The Labute approximate surface area is 117 Å². The van der Waals surface area contributed by atoms with Crippen LogP contribution < -0.4 is 4.90 Å². The molecule has 3 heterocycles. The van der Waals surface area contributed by atoms with Crippen molar-refractivity contribution < 1.29 is 4.74 Å². The van der Waals surface area contributed by atoms with E-state index in [4.69, 9.17) is 4.74 Å². The maximum Gasteiger partial charge on any atom is 0.150 e. The molecule has 17 heavy (non-hydrogen) atoms. The van der Waals surface area contributed by atoms with Gasteiger partial charge >= 0.3 is 0 Å². The van der Waals surface area contributed by atoms with Gasteiger partial charge in [-0.3, -0.25) is 0 Å². The van der Waals surface area contributed by atoms with Crippen molar-refractivity contribution in [3.05, 3.63) is 14.8 Å². The average Bonchev–Trinajstić information content (AvgIpc) is 2.69. The molecule has 2 aromatic heterocycles. The highest BCUT2D eigenvalue weighted by molar-refractivity contribution is 14.1. The number of hydrogen-bond acceptors (Lipinski definition) is 5. The molecular formula is C11H12IN3OS. The summed E-state index contributed by atoms with van der Waals surface area (Å²) >= 11 is 4.10. The van der Waals surface area contributed by atoms with Gasteiger partial charge in [0.15, 0.2) is 5.82 Å². The number of aryl methyl sites for hydroxylation is 1. The normalized spacial score (nSPS) is 16.7. The van der Waals surface area contributed by atoms with E-state index in [9.17, 15) is 0 Å². The molecule has 0 spiro atoms. The minimum Gasteiger partial charge on any atom is -0.378 e. The first kappa shape index (κ1) is 11.6. The number of ether oxygens (including phenoxy) is 1. The van der Waals surface area contributed by atoms with Gasteiger partial charge < -0.3 is 9.64 Å². The van der Waals surface area contributed by atoms with E-state index >= 15 is 0 Å². The number of aromatic nitrogens is 2. The monoisotopic (exact) mass is 361 g/mol. The van der Waals surface area contributed by atoms with Crippen LogP contribution in [0.15, 0.2) is 6.07 Å². The summed E-state index contributed by atoms with van der Waals surface area (Å²) in [6.45, 7) is 5.36. The van der Waals surface area contributed by atoms with Crippen LogP contribution in [0.3, 0.4) is 0 Å². The van der Waals surface area contributed by atoms with Crippen LogP contribution in [-0.2, 0) is 4.74 Å². The Bertz CT molecular complexity index is 551. The van der Waals surface area contributed by atoms with Gasteiger partial charge in [-0.25, -0.2) is 9.97 Å². The molecule has 0 N–H and O–H groups in total. The smallest absolute Gasteiger partial charge is 0.150 e. The lowest BCUT2D eigenvalue weighted by Crippen LogP contribution is -2.36. The third kappa shape index (κ3) is 2.25. The first-order valence-electron chi connectivity index (χ1n) is 5.50. The maximum absolute atomic E-state index is 5.39. The zero-order valence-corrected chi connectivity index (χ0v) is 12.4. The van der Waals surface area contributed by atoms with Gasteiger partial charge in [-0.15, -0.1) is 11.3 Å². The van der Waals surface area contributed by atoms with Crippen molar-refractivity contribution >= 4 is 50.0 Å². The van der Waals surface area contributed by atoms with E-state index in [0.29, 0.717) is 0 Å². The van der Waals surface area contributed by atoms with Crippen LogP contribution in [0.5, 0.6) is 0 Å². The second-order valence-corrected chi connectivity index (χ2v) is 6.91. The Hall–Kier alpha value is -0.470. The number of nitrogens with zero attached hydrogens (tertiary/aromatic N) is 3. The second kappa shape index (κ2) is 4.66. The van der Waals surface area contributed by atoms with Crippen molar-refractivity contribution in [1.82, 2.24) is 9.97 Å². The van der Waals surface area contributed by atoms with Gasteiger partial charge in [0.05, 0.1) is 26.3 Å².